The van der Waals surface area contributed by atoms with Gasteiger partial charge in [-0.25, -0.2) is 0 Å². The van der Waals surface area contributed by atoms with E-state index in [1.807, 2.05) is 55.5 Å². The molecule has 3 N–H and O–H groups in total. The smallest absolute Gasteiger partial charge is 0.313 e. The fourth-order valence-corrected chi connectivity index (χ4v) is 3.75. The van der Waals surface area contributed by atoms with Crippen molar-refractivity contribution < 1.29 is 19.4 Å². The number of anilines is 1. The first-order chi connectivity index (χ1) is 14.0. The highest BCUT2D eigenvalue weighted by Crippen LogP contribution is 2.28. The van der Waals surface area contributed by atoms with E-state index in [1.54, 1.807) is 12.1 Å². The van der Waals surface area contributed by atoms with Crippen LogP contribution in [0.4, 0.5) is 5.69 Å². The molecule has 7 heteroatoms. The normalized spacial score (nSPS) is 11.6. The van der Waals surface area contributed by atoms with Gasteiger partial charge in [-0.05, 0) is 42.3 Å². The van der Waals surface area contributed by atoms with E-state index < -0.39 is 17.9 Å². The van der Waals surface area contributed by atoms with Gasteiger partial charge in [0.05, 0.1) is 19.3 Å². The van der Waals surface area contributed by atoms with Gasteiger partial charge in [0.1, 0.15) is 11.9 Å². The van der Waals surface area contributed by atoms with E-state index in [-0.39, 0.29) is 6.54 Å². The molecule has 0 bridgehead atoms. The lowest BCUT2D eigenvalue weighted by Crippen LogP contribution is -2.34. The highest BCUT2D eigenvalue weighted by Gasteiger charge is 2.17. The van der Waals surface area contributed by atoms with Gasteiger partial charge in [0, 0.05) is 9.75 Å². The predicted octanol–water partition coefficient (Wildman–Crippen LogP) is 3.40. The zero-order chi connectivity index (χ0) is 20.8. The minimum atomic E-state index is -0.769. The Hall–Kier alpha value is -3.16. The Morgan fingerprint density at radius 2 is 1.83 bits per heavy atom. The molecule has 0 aliphatic heterocycles. The average Bonchev–Trinajstić information content (AvgIpc) is 3.21. The van der Waals surface area contributed by atoms with Crippen LogP contribution in [-0.2, 0) is 16.1 Å². The molecule has 0 fully saturated rings. The van der Waals surface area contributed by atoms with Crippen molar-refractivity contribution in [2.45, 2.75) is 19.6 Å². The molecule has 2 amide bonds. The Labute approximate surface area is 173 Å². The van der Waals surface area contributed by atoms with E-state index in [4.69, 9.17) is 4.74 Å². The van der Waals surface area contributed by atoms with Gasteiger partial charge in [-0.15, -0.1) is 11.3 Å². The van der Waals surface area contributed by atoms with E-state index >= 15 is 0 Å². The highest BCUT2D eigenvalue weighted by atomic mass is 32.1. The standard InChI is InChI=1S/C22H22N2O4S/c1-14-8-10-18(28-2)17(12-14)24-22(27)21(26)23-13-16-9-11-19(29-16)20(25)15-6-4-3-5-7-15/h3-12,20,25H,13H2,1-2H3,(H,23,26)(H,24,27). The Kier molecular flexibility index (Phi) is 6.64. The SMILES string of the molecule is COc1ccc(C)cc1NC(=O)C(=O)NCc1ccc(C(O)c2ccccc2)s1. The molecular weight excluding hydrogens is 388 g/mol. The molecule has 0 aliphatic rings. The maximum Gasteiger partial charge on any atom is 0.313 e. The van der Waals surface area contributed by atoms with Crippen LogP contribution in [0.5, 0.6) is 5.75 Å². The van der Waals surface area contributed by atoms with Crippen LogP contribution in [0.25, 0.3) is 0 Å². The van der Waals surface area contributed by atoms with Gasteiger partial charge in [-0.1, -0.05) is 36.4 Å². The molecule has 0 aliphatic carbocycles. The molecule has 0 spiro atoms. The summed E-state index contributed by atoms with van der Waals surface area (Å²) in [6.07, 6.45) is -0.720. The van der Waals surface area contributed by atoms with Crippen LogP contribution in [0, 0.1) is 6.92 Å². The average molecular weight is 410 g/mol. The number of aliphatic hydroxyl groups is 1. The molecule has 3 aromatic rings. The first-order valence-electron chi connectivity index (χ1n) is 9.03. The van der Waals surface area contributed by atoms with Crippen LogP contribution in [0.3, 0.4) is 0 Å². The van der Waals surface area contributed by atoms with Crippen molar-refractivity contribution in [2.24, 2.45) is 0 Å². The van der Waals surface area contributed by atoms with Crippen molar-refractivity contribution in [1.82, 2.24) is 5.32 Å². The fraction of sp³-hybridized carbons (Fsp3) is 0.182. The maximum atomic E-state index is 12.2. The van der Waals surface area contributed by atoms with Crippen molar-refractivity contribution in [2.75, 3.05) is 12.4 Å². The summed E-state index contributed by atoms with van der Waals surface area (Å²) >= 11 is 1.39. The molecule has 0 radical (unpaired) electrons. The predicted molar refractivity (Wildman–Crippen MR) is 113 cm³/mol. The second-order valence-corrected chi connectivity index (χ2v) is 7.66. The molecule has 6 nitrogen and oxygen atoms in total. The molecule has 1 unspecified atom stereocenters. The Morgan fingerprint density at radius 3 is 2.55 bits per heavy atom. The summed E-state index contributed by atoms with van der Waals surface area (Å²) in [6.45, 7) is 2.08. The zero-order valence-corrected chi connectivity index (χ0v) is 17.0. The minimum Gasteiger partial charge on any atom is -0.495 e. The van der Waals surface area contributed by atoms with E-state index in [0.717, 1.165) is 20.9 Å². The summed E-state index contributed by atoms with van der Waals surface area (Å²) in [5, 5.41) is 15.6. The zero-order valence-electron chi connectivity index (χ0n) is 16.1. The molecule has 3 rings (SSSR count). The number of thiophene rings is 1. The van der Waals surface area contributed by atoms with Crippen LogP contribution in [-0.4, -0.2) is 24.0 Å². The van der Waals surface area contributed by atoms with Gasteiger partial charge in [0.15, 0.2) is 0 Å². The molecule has 29 heavy (non-hydrogen) atoms. The van der Waals surface area contributed by atoms with Crippen LogP contribution in [0.15, 0.2) is 60.7 Å². The third kappa shape index (κ3) is 5.22. The number of carbonyl (C=O) groups is 2. The third-order valence-corrected chi connectivity index (χ3v) is 5.44. The van der Waals surface area contributed by atoms with E-state index in [2.05, 4.69) is 10.6 Å². The van der Waals surface area contributed by atoms with Gasteiger partial charge >= 0.3 is 11.8 Å². The summed E-state index contributed by atoms with van der Waals surface area (Å²) in [6, 6.07) is 18.3. The minimum absolute atomic E-state index is 0.198. The van der Waals surface area contributed by atoms with Crippen molar-refractivity contribution in [3.8, 4) is 5.75 Å². The number of hydrogen-bond acceptors (Lipinski definition) is 5. The van der Waals surface area contributed by atoms with Crippen molar-refractivity contribution >= 4 is 28.8 Å². The second kappa shape index (κ2) is 9.36. The van der Waals surface area contributed by atoms with E-state index in [9.17, 15) is 14.7 Å². The summed E-state index contributed by atoms with van der Waals surface area (Å²) in [7, 11) is 1.50. The number of benzene rings is 2. The van der Waals surface area contributed by atoms with Crippen molar-refractivity contribution in [1.29, 1.82) is 0 Å². The number of aryl methyl sites for hydroxylation is 1. The lowest BCUT2D eigenvalue weighted by atomic mass is 10.1. The van der Waals surface area contributed by atoms with Crippen LogP contribution in [0.2, 0.25) is 0 Å². The second-order valence-electron chi connectivity index (χ2n) is 6.46. The van der Waals surface area contributed by atoms with Crippen LogP contribution in [0.1, 0.15) is 27.0 Å². The van der Waals surface area contributed by atoms with Gasteiger partial charge < -0.3 is 20.5 Å². The lowest BCUT2D eigenvalue weighted by Gasteiger charge is -2.11. The fourth-order valence-electron chi connectivity index (χ4n) is 2.78. The number of methoxy groups -OCH3 is 1. The van der Waals surface area contributed by atoms with Crippen LogP contribution < -0.4 is 15.4 Å². The van der Waals surface area contributed by atoms with Gasteiger partial charge in [0.25, 0.3) is 0 Å². The summed E-state index contributed by atoms with van der Waals surface area (Å²) in [5.74, 6) is -1.03. The maximum absolute atomic E-state index is 12.2. The Balaban J connectivity index is 1.58. The topological polar surface area (TPSA) is 87.7 Å². The van der Waals surface area contributed by atoms with Crippen molar-refractivity contribution in [3.05, 3.63) is 81.5 Å². The van der Waals surface area contributed by atoms with Gasteiger partial charge in [0.2, 0.25) is 0 Å². The lowest BCUT2D eigenvalue weighted by molar-refractivity contribution is -0.136. The third-order valence-electron chi connectivity index (χ3n) is 4.30. The Bertz CT molecular complexity index is 1000. The molecule has 0 saturated heterocycles. The first-order valence-corrected chi connectivity index (χ1v) is 9.85. The monoisotopic (exact) mass is 410 g/mol. The Morgan fingerprint density at radius 1 is 1.07 bits per heavy atom. The van der Waals surface area contributed by atoms with Crippen LogP contribution >= 0.6 is 11.3 Å². The largest absolute Gasteiger partial charge is 0.495 e. The number of rotatable bonds is 6. The number of carbonyl (C=O) groups excluding carboxylic acids is 2. The number of ether oxygens (including phenoxy) is 1. The first kappa shape index (κ1) is 20.6. The summed E-state index contributed by atoms with van der Waals surface area (Å²) in [4.78, 5) is 26.0. The van der Waals surface area contributed by atoms with Gasteiger partial charge in [-0.3, -0.25) is 9.59 Å². The molecular formula is C22H22N2O4S. The van der Waals surface area contributed by atoms with Gasteiger partial charge in [-0.2, -0.15) is 0 Å². The molecule has 1 heterocycles. The molecule has 0 saturated carbocycles. The number of nitrogens with one attached hydrogen (secondary N) is 2. The molecule has 2 aromatic carbocycles. The molecule has 1 aromatic heterocycles. The molecule has 1 atom stereocenters. The highest BCUT2D eigenvalue weighted by molar-refractivity contribution is 7.12. The van der Waals surface area contributed by atoms with E-state index in [1.165, 1.54) is 18.4 Å². The quantitative estimate of drug-likeness (QED) is 0.544. The number of amides is 2. The summed E-state index contributed by atoms with van der Waals surface area (Å²) < 4.78 is 5.20. The molecule has 150 valence electrons. The number of aliphatic hydroxyl groups excluding tert-OH is 1. The van der Waals surface area contributed by atoms with Crippen molar-refractivity contribution in [3.63, 3.8) is 0 Å². The van der Waals surface area contributed by atoms with E-state index in [0.29, 0.717) is 11.4 Å². The number of hydrogen-bond donors (Lipinski definition) is 3. The summed E-state index contributed by atoms with van der Waals surface area (Å²) in [5.41, 5.74) is 2.18.